The molecule has 2 amide bonds. The molecule has 1 aromatic carbocycles. The van der Waals surface area contributed by atoms with Gasteiger partial charge in [-0.15, -0.1) is 0 Å². The van der Waals surface area contributed by atoms with Gasteiger partial charge in [-0.2, -0.15) is 11.3 Å². The van der Waals surface area contributed by atoms with Crippen LogP contribution >= 0.6 is 11.3 Å². The summed E-state index contributed by atoms with van der Waals surface area (Å²) in [6.07, 6.45) is 3.63. The molecule has 0 radical (unpaired) electrons. The zero-order valence-corrected chi connectivity index (χ0v) is 15.8. The number of hydrogen-bond acceptors (Lipinski definition) is 4. The Morgan fingerprint density at radius 1 is 1.15 bits per heavy atom. The zero-order chi connectivity index (χ0) is 18.4. The smallest absolute Gasteiger partial charge is 0.313 e. The molecule has 1 fully saturated rings. The molecule has 1 aliphatic rings. The highest BCUT2D eigenvalue weighted by molar-refractivity contribution is 7.08. The van der Waals surface area contributed by atoms with Gasteiger partial charge in [0.1, 0.15) is 0 Å². The predicted octanol–water partition coefficient (Wildman–Crippen LogP) is 3.34. The van der Waals surface area contributed by atoms with Crippen LogP contribution < -0.4 is 10.6 Å². The Bertz CT molecular complexity index is 739. The number of carbonyl (C=O) groups is 2. The van der Waals surface area contributed by atoms with Crippen LogP contribution in [0.15, 0.2) is 41.1 Å². The zero-order valence-electron chi connectivity index (χ0n) is 15.0. The van der Waals surface area contributed by atoms with E-state index >= 15 is 0 Å². The number of anilines is 1. The number of aryl methyl sites for hydroxylation is 1. The summed E-state index contributed by atoms with van der Waals surface area (Å²) >= 11 is 1.66. The highest BCUT2D eigenvalue weighted by Crippen LogP contribution is 2.25. The van der Waals surface area contributed by atoms with Gasteiger partial charge < -0.3 is 10.6 Å². The molecule has 1 atom stereocenters. The van der Waals surface area contributed by atoms with E-state index in [0.29, 0.717) is 12.2 Å². The number of likely N-dealkylation sites (tertiary alicyclic amines) is 1. The molecule has 0 aliphatic carbocycles. The third kappa shape index (κ3) is 4.93. The van der Waals surface area contributed by atoms with Crippen molar-refractivity contribution in [2.24, 2.45) is 0 Å². The minimum absolute atomic E-state index is 0.122. The van der Waals surface area contributed by atoms with Crippen LogP contribution in [0.4, 0.5) is 5.69 Å². The second-order valence-corrected chi connectivity index (χ2v) is 7.48. The van der Waals surface area contributed by atoms with Gasteiger partial charge in [-0.25, -0.2) is 0 Å². The largest absolute Gasteiger partial charge is 0.346 e. The van der Waals surface area contributed by atoms with Crippen LogP contribution in [-0.4, -0.2) is 36.3 Å². The van der Waals surface area contributed by atoms with Crippen LogP contribution in [0.2, 0.25) is 0 Å². The Morgan fingerprint density at radius 3 is 2.65 bits per heavy atom. The van der Waals surface area contributed by atoms with Gasteiger partial charge in [-0.1, -0.05) is 18.6 Å². The maximum atomic E-state index is 12.3. The van der Waals surface area contributed by atoms with Crippen LogP contribution in [-0.2, 0) is 9.59 Å². The number of carbonyl (C=O) groups excluding carboxylic acids is 2. The van der Waals surface area contributed by atoms with Gasteiger partial charge >= 0.3 is 11.8 Å². The molecule has 0 spiro atoms. The molecule has 1 unspecified atom stereocenters. The van der Waals surface area contributed by atoms with Crippen LogP contribution in [0.3, 0.4) is 0 Å². The lowest BCUT2D eigenvalue weighted by atomic mass is 10.0. The average molecular weight is 372 g/mol. The number of piperidine rings is 1. The molecule has 26 heavy (non-hydrogen) atoms. The van der Waals surface area contributed by atoms with E-state index in [9.17, 15) is 9.59 Å². The Hall–Kier alpha value is -2.18. The first kappa shape index (κ1) is 18.6. The van der Waals surface area contributed by atoms with Crippen molar-refractivity contribution in [1.82, 2.24) is 10.2 Å². The SMILES string of the molecule is Cc1cccc(NC(=O)C(=O)NCC(c2ccsc2)N2CCCCC2)c1. The molecule has 2 aromatic rings. The standard InChI is InChI=1S/C20H25N3O2S/c1-15-6-5-7-17(12-15)22-20(25)19(24)21-13-18(16-8-11-26-14-16)23-9-3-2-4-10-23/h5-8,11-12,14,18H,2-4,9-10,13H2,1H3,(H,21,24)(H,22,25). The molecule has 0 saturated carbocycles. The lowest BCUT2D eigenvalue weighted by molar-refractivity contribution is -0.136. The van der Waals surface area contributed by atoms with E-state index in [1.54, 1.807) is 17.4 Å². The van der Waals surface area contributed by atoms with E-state index < -0.39 is 11.8 Å². The summed E-state index contributed by atoms with van der Waals surface area (Å²) < 4.78 is 0. The highest BCUT2D eigenvalue weighted by Gasteiger charge is 2.24. The van der Waals surface area contributed by atoms with Gasteiger partial charge in [-0.3, -0.25) is 14.5 Å². The molecule has 1 saturated heterocycles. The highest BCUT2D eigenvalue weighted by atomic mass is 32.1. The normalized spacial score (nSPS) is 16.0. The fraction of sp³-hybridized carbons (Fsp3) is 0.400. The topological polar surface area (TPSA) is 61.4 Å². The first-order valence-electron chi connectivity index (χ1n) is 9.05. The Balaban J connectivity index is 1.59. The van der Waals surface area contributed by atoms with E-state index in [1.165, 1.54) is 24.8 Å². The Morgan fingerprint density at radius 2 is 1.96 bits per heavy atom. The van der Waals surface area contributed by atoms with Gasteiger partial charge in [0.25, 0.3) is 0 Å². The summed E-state index contributed by atoms with van der Waals surface area (Å²) in [7, 11) is 0. The van der Waals surface area contributed by atoms with Crippen molar-refractivity contribution in [3.05, 3.63) is 52.2 Å². The maximum absolute atomic E-state index is 12.3. The summed E-state index contributed by atoms with van der Waals surface area (Å²) in [5, 5.41) is 9.65. The summed E-state index contributed by atoms with van der Waals surface area (Å²) in [4.78, 5) is 26.8. The van der Waals surface area contributed by atoms with Crippen molar-refractivity contribution in [2.45, 2.75) is 32.2 Å². The van der Waals surface area contributed by atoms with Gasteiger partial charge in [-0.05, 0) is 72.9 Å². The summed E-state index contributed by atoms with van der Waals surface area (Å²) in [6, 6.07) is 9.64. The molecule has 3 rings (SSSR count). The van der Waals surface area contributed by atoms with Gasteiger partial charge in [0.05, 0.1) is 6.04 Å². The number of nitrogens with zero attached hydrogens (tertiary/aromatic N) is 1. The monoisotopic (exact) mass is 371 g/mol. The number of nitrogens with one attached hydrogen (secondary N) is 2. The molecule has 0 bridgehead atoms. The summed E-state index contributed by atoms with van der Waals surface area (Å²) in [5.41, 5.74) is 2.87. The molecule has 5 nitrogen and oxygen atoms in total. The van der Waals surface area contributed by atoms with E-state index in [-0.39, 0.29) is 6.04 Å². The van der Waals surface area contributed by atoms with Gasteiger partial charge in [0.2, 0.25) is 0 Å². The van der Waals surface area contributed by atoms with Crippen molar-refractivity contribution in [3.8, 4) is 0 Å². The second kappa shape index (κ2) is 8.96. The predicted molar refractivity (Wildman–Crippen MR) is 105 cm³/mol. The maximum Gasteiger partial charge on any atom is 0.313 e. The third-order valence-electron chi connectivity index (χ3n) is 4.70. The Kier molecular flexibility index (Phi) is 6.41. The van der Waals surface area contributed by atoms with Crippen LogP contribution in [0.25, 0.3) is 0 Å². The molecular formula is C20H25N3O2S. The molecular weight excluding hydrogens is 346 g/mol. The van der Waals surface area contributed by atoms with E-state index in [2.05, 4.69) is 32.4 Å². The average Bonchev–Trinajstić information content (AvgIpc) is 3.17. The second-order valence-electron chi connectivity index (χ2n) is 6.70. The lowest BCUT2D eigenvalue weighted by Crippen LogP contribution is -2.43. The van der Waals surface area contributed by atoms with E-state index in [1.807, 2.05) is 25.1 Å². The van der Waals surface area contributed by atoms with Crippen LogP contribution in [0.5, 0.6) is 0 Å². The number of hydrogen-bond donors (Lipinski definition) is 2. The van der Waals surface area contributed by atoms with Crippen molar-refractivity contribution in [2.75, 3.05) is 25.0 Å². The Labute approximate surface area is 158 Å². The minimum atomic E-state index is -0.627. The van der Waals surface area contributed by atoms with Crippen LogP contribution in [0.1, 0.15) is 36.4 Å². The molecule has 2 heterocycles. The van der Waals surface area contributed by atoms with E-state index in [4.69, 9.17) is 0 Å². The van der Waals surface area contributed by atoms with Crippen molar-refractivity contribution >= 4 is 28.8 Å². The first-order chi connectivity index (χ1) is 12.6. The van der Waals surface area contributed by atoms with Crippen molar-refractivity contribution < 1.29 is 9.59 Å². The molecule has 2 N–H and O–H groups in total. The van der Waals surface area contributed by atoms with Gasteiger partial charge in [0, 0.05) is 12.2 Å². The molecule has 6 heteroatoms. The molecule has 1 aromatic heterocycles. The summed E-state index contributed by atoms with van der Waals surface area (Å²) in [5.74, 6) is -1.22. The molecule has 1 aliphatic heterocycles. The van der Waals surface area contributed by atoms with Crippen molar-refractivity contribution in [3.63, 3.8) is 0 Å². The number of amides is 2. The fourth-order valence-corrected chi connectivity index (χ4v) is 4.04. The minimum Gasteiger partial charge on any atom is -0.346 e. The lowest BCUT2D eigenvalue weighted by Gasteiger charge is -2.34. The van der Waals surface area contributed by atoms with Crippen LogP contribution in [0, 0.1) is 6.92 Å². The fourth-order valence-electron chi connectivity index (χ4n) is 3.33. The number of benzene rings is 1. The third-order valence-corrected chi connectivity index (χ3v) is 5.40. The quantitative estimate of drug-likeness (QED) is 0.793. The summed E-state index contributed by atoms with van der Waals surface area (Å²) in [6.45, 7) is 4.45. The molecule has 138 valence electrons. The first-order valence-corrected chi connectivity index (χ1v) is 10.00. The van der Waals surface area contributed by atoms with E-state index in [0.717, 1.165) is 18.7 Å². The van der Waals surface area contributed by atoms with Gasteiger partial charge in [0.15, 0.2) is 0 Å². The number of thiophene rings is 1. The number of rotatable bonds is 5. The van der Waals surface area contributed by atoms with Crippen molar-refractivity contribution in [1.29, 1.82) is 0 Å².